The van der Waals surface area contributed by atoms with Gasteiger partial charge >= 0.3 is 0 Å². The Bertz CT molecular complexity index is 1180. The number of amides is 3. The summed E-state index contributed by atoms with van der Waals surface area (Å²) in [7, 11) is 3.13. The van der Waals surface area contributed by atoms with Gasteiger partial charge in [0.15, 0.2) is 5.69 Å². The van der Waals surface area contributed by atoms with Gasteiger partial charge in [0, 0.05) is 24.2 Å². The molecule has 0 unspecified atom stereocenters. The fraction of sp³-hybridized carbons (Fsp3) is 0.538. The first-order valence-corrected chi connectivity index (χ1v) is 12.5. The molecule has 5 rings (SSSR count). The summed E-state index contributed by atoms with van der Waals surface area (Å²) < 4.78 is 12.3. The third-order valence-electron chi connectivity index (χ3n) is 7.50. The van der Waals surface area contributed by atoms with Gasteiger partial charge in [-0.05, 0) is 50.8 Å². The molecule has 3 amide bonds. The Balaban J connectivity index is 1.38. The van der Waals surface area contributed by atoms with E-state index in [9.17, 15) is 14.4 Å². The van der Waals surface area contributed by atoms with Crippen LogP contribution < -0.4 is 20.1 Å². The lowest BCUT2D eigenvalue weighted by atomic mass is 9.93. The van der Waals surface area contributed by atoms with Crippen LogP contribution in [-0.2, 0) is 17.9 Å². The average Bonchev–Trinajstić information content (AvgIpc) is 3.38. The Hall–Kier alpha value is -3.56. The van der Waals surface area contributed by atoms with E-state index in [0.29, 0.717) is 11.5 Å². The van der Waals surface area contributed by atoms with Gasteiger partial charge in [0.25, 0.3) is 11.8 Å². The van der Waals surface area contributed by atoms with Gasteiger partial charge in [-0.2, -0.15) is 0 Å². The normalized spacial score (nSPS) is 21.8. The number of imidazole rings is 1. The molecule has 1 atom stereocenters. The number of carbonyl (C=O) groups excluding carboxylic acids is 3. The molecule has 1 aliphatic heterocycles. The summed E-state index contributed by atoms with van der Waals surface area (Å²) in [4.78, 5) is 46.4. The largest absolute Gasteiger partial charge is 0.497 e. The number of nitrogens with zero attached hydrogens (tertiary/aromatic N) is 3. The second-order valence-corrected chi connectivity index (χ2v) is 10.1. The number of rotatable bonds is 8. The molecule has 0 bridgehead atoms. The van der Waals surface area contributed by atoms with Crippen LogP contribution in [0, 0.1) is 0 Å². The van der Waals surface area contributed by atoms with Crippen molar-refractivity contribution in [1.29, 1.82) is 0 Å². The van der Waals surface area contributed by atoms with E-state index in [4.69, 9.17) is 9.47 Å². The molecule has 2 saturated carbocycles. The predicted octanol–water partition coefficient (Wildman–Crippen LogP) is 2.27. The van der Waals surface area contributed by atoms with Crippen molar-refractivity contribution >= 4 is 17.7 Å². The van der Waals surface area contributed by atoms with Crippen molar-refractivity contribution in [2.45, 2.75) is 76.2 Å². The van der Waals surface area contributed by atoms with Gasteiger partial charge in [0.05, 0.1) is 27.1 Å². The first kappa shape index (κ1) is 24.1. The molecule has 10 nitrogen and oxygen atoms in total. The standard InChI is InChI=1S/C26H33N5O5/c1-26(25(34)29-17-6-4-5-7-17)14-30-15-28-21(22(30)24(33)31(26)18-8-9-18)23(32)27-13-16-12-19(35-2)10-11-20(16)36-3/h10-12,15,17-18H,4-9,13-14H2,1-3H3,(H,27,32)(H,29,34)/t26-/m1/s1. The average molecular weight is 496 g/mol. The molecule has 0 radical (unpaired) electrons. The van der Waals surface area contributed by atoms with Crippen LogP contribution >= 0.6 is 0 Å². The van der Waals surface area contributed by atoms with Gasteiger partial charge in [-0.1, -0.05) is 12.8 Å². The minimum absolute atomic E-state index is 0.00238. The number of carbonyl (C=O) groups is 3. The number of methoxy groups -OCH3 is 2. The molecule has 2 aliphatic carbocycles. The molecular formula is C26H33N5O5. The summed E-state index contributed by atoms with van der Waals surface area (Å²) in [5, 5.41) is 6.02. The zero-order valence-electron chi connectivity index (χ0n) is 21.0. The third kappa shape index (κ3) is 4.29. The Morgan fingerprint density at radius 3 is 2.56 bits per heavy atom. The Kier molecular flexibility index (Phi) is 6.36. The number of hydrogen-bond donors (Lipinski definition) is 2. The van der Waals surface area contributed by atoms with Crippen molar-refractivity contribution in [1.82, 2.24) is 25.1 Å². The molecule has 2 aromatic rings. The molecule has 2 N–H and O–H groups in total. The van der Waals surface area contributed by atoms with E-state index in [0.717, 1.165) is 44.1 Å². The van der Waals surface area contributed by atoms with Crippen molar-refractivity contribution in [3.63, 3.8) is 0 Å². The van der Waals surface area contributed by atoms with Crippen molar-refractivity contribution < 1.29 is 23.9 Å². The van der Waals surface area contributed by atoms with Crippen LogP contribution in [0.4, 0.5) is 0 Å². The second kappa shape index (κ2) is 9.48. The summed E-state index contributed by atoms with van der Waals surface area (Å²) in [5.74, 6) is 0.337. The summed E-state index contributed by atoms with van der Waals surface area (Å²) in [6.45, 7) is 2.26. The van der Waals surface area contributed by atoms with Gasteiger partial charge in [0.2, 0.25) is 5.91 Å². The topological polar surface area (TPSA) is 115 Å². The highest BCUT2D eigenvalue weighted by molar-refractivity contribution is 6.07. The molecule has 192 valence electrons. The smallest absolute Gasteiger partial charge is 0.274 e. The van der Waals surface area contributed by atoms with E-state index in [1.807, 2.05) is 6.92 Å². The maximum Gasteiger partial charge on any atom is 0.274 e. The van der Waals surface area contributed by atoms with Gasteiger partial charge in [-0.3, -0.25) is 14.4 Å². The van der Waals surface area contributed by atoms with Crippen LogP contribution in [0.1, 0.15) is 72.0 Å². The maximum atomic E-state index is 13.8. The number of benzene rings is 1. The monoisotopic (exact) mass is 495 g/mol. The van der Waals surface area contributed by atoms with E-state index in [1.165, 1.54) is 6.33 Å². The van der Waals surface area contributed by atoms with Gasteiger partial charge in [0.1, 0.15) is 22.7 Å². The fourth-order valence-corrected chi connectivity index (χ4v) is 5.41. The second-order valence-electron chi connectivity index (χ2n) is 10.1. The van der Waals surface area contributed by atoms with Crippen molar-refractivity contribution in [2.75, 3.05) is 14.2 Å². The van der Waals surface area contributed by atoms with Crippen molar-refractivity contribution in [2.24, 2.45) is 0 Å². The first-order valence-electron chi connectivity index (χ1n) is 12.5. The predicted molar refractivity (Wildman–Crippen MR) is 131 cm³/mol. The van der Waals surface area contributed by atoms with Crippen LogP contribution in [-0.4, -0.2) is 64.0 Å². The highest BCUT2D eigenvalue weighted by Gasteiger charge is 2.54. The van der Waals surface area contributed by atoms with Crippen LogP contribution in [0.15, 0.2) is 24.5 Å². The van der Waals surface area contributed by atoms with E-state index >= 15 is 0 Å². The summed E-state index contributed by atoms with van der Waals surface area (Å²) in [6.07, 6.45) is 7.35. The van der Waals surface area contributed by atoms with Crippen molar-refractivity contribution in [3.05, 3.63) is 41.5 Å². The molecular weight excluding hydrogens is 462 g/mol. The van der Waals surface area contributed by atoms with E-state index in [-0.39, 0.29) is 48.4 Å². The SMILES string of the molecule is COc1ccc(OC)c(CNC(=O)c2ncn3c2C(=O)N(C2CC2)[C@@](C)(C(=O)NC2CCCC2)C3)c1. The molecule has 0 saturated heterocycles. The summed E-state index contributed by atoms with van der Waals surface area (Å²) in [5.41, 5.74) is -0.00902. The summed E-state index contributed by atoms with van der Waals surface area (Å²) >= 11 is 0. The Labute approximate surface area is 210 Å². The van der Waals surface area contributed by atoms with E-state index in [1.54, 1.807) is 41.9 Å². The fourth-order valence-electron chi connectivity index (χ4n) is 5.41. The van der Waals surface area contributed by atoms with Crippen LogP contribution in [0.5, 0.6) is 11.5 Å². The lowest BCUT2D eigenvalue weighted by Gasteiger charge is -2.44. The van der Waals surface area contributed by atoms with Crippen LogP contribution in [0.2, 0.25) is 0 Å². The van der Waals surface area contributed by atoms with Crippen LogP contribution in [0.25, 0.3) is 0 Å². The van der Waals surface area contributed by atoms with Gasteiger partial charge in [-0.25, -0.2) is 4.98 Å². The van der Waals surface area contributed by atoms with Crippen LogP contribution in [0.3, 0.4) is 0 Å². The van der Waals surface area contributed by atoms with E-state index < -0.39 is 11.4 Å². The lowest BCUT2D eigenvalue weighted by molar-refractivity contribution is -0.134. The molecule has 2 fully saturated rings. The molecule has 1 aromatic carbocycles. The molecule has 0 spiro atoms. The molecule has 3 aliphatic rings. The highest BCUT2D eigenvalue weighted by Crippen LogP contribution is 2.39. The molecule has 36 heavy (non-hydrogen) atoms. The number of aromatic nitrogens is 2. The maximum absolute atomic E-state index is 13.8. The summed E-state index contributed by atoms with van der Waals surface area (Å²) in [6, 6.07) is 5.49. The number of ether oxygens (including phenoxy) is 2. The van der Waals surface area contributed by atoms with E-state index in [2.05, 4.69) is 15.6 Å². The molecule has 10 heteroatoms. The number of nitrogens with one attached hydrogen (secondary N) is 2. The van der Waals surface area contributed by atoms with Gasteiger partial charge < -0.3 is 29.6 Å². The highest BCUT2D eigenvalue weighted by atomic mass is 16.5. The molecule has 2 heterocycles. The Morgan fingerprint density at radius 1 is 1.14 bits per heavy atom. The zero-order valence-corrected chi connectivity index (χ0v) is 21.0. The number of hydrogen-bond acceptors (Lipinski definition) is 6. The lowest BCUT2D eigenvalue weighted by Crippen LogP contribution is -2.65. The zero-order chi connectivity index (χ0) is 25.4. The third-order valence-corrected chi connectivity index (χ3v) is 7.50. The Morgan fingerprint density at radius 2 is 1.89 bits per heavy atom. The quantitative estimate of drug-likeness (QED) is 0.581. The number of fused-ring (bicyclic) bond motifs is 1. The minimum Gasteiger partial charge on any atom is -0.497 e. The first-order chi connectivity index (χ1) is 17.4. The minimum atomic E-state index is -1.03. The van der Waals surface area contributed by atoms with Crippen molar-refractivity contribution in [3.8, 4) is 11.5 Å². The molecule has 1 aromatic heterocycles. The van der Waals surface area contributed by atoms with Gasteiger partial charge in [-0.15, -0.1) is 0 Å².